The van der Waals surface area contributed by atoms with Gasteiger partial charge in [0.15, 0.2) is 0 Å². The zero-order valence-corrected chi connectivity index (χ0v) is 19.7. The number of anilines is 1. The molecule has 178 valence electrons. The number of ether oxygens (including phenoxy) is 1. The van der Waals surface area contributed by atoms with Gasteiger partial charge in [-0.2, -0.15) is 0 Å². The SMILES string of the molecule is CC1CCc2c(ccc(/C(C=N)=C/NC3CCNCC3)c2Oc2ccccn2)N1C(=O)C1CC1. The Morgan fingerprint density at radius 2 is 2.00 bits per heavy atom. The summed E-state index contributed by atoms with van der Waals surface area (Å²) in [7, 11) is 0. The first-order valence-electron chi connectivity index (χ1n) is 12.4. The number of carbonyl (C=O) groups is 1. The highest BCUT2D eigenvalue weighted by Crippen LogP contribution is 2.44. The van der Waals surface area contributed by atoms with Gasteiger partial charge in [0.05, 0.1) is 5.69 Å². The maximum absolute atomic E-state index is 13.2. The minimum atomic E-state index is 0.152. The van der Waals surface area contributed by atoms with E-state index in [1.165, 1.54) is 6.21 Å². The molecule has 1 amide bonds. The summed E-state index contributed by atoms with van der Waals surface area (Å²) in [6, 6.07) is 10.2. The minimum absolute atomic E-state index is 0.152. The van der Waals surface area contributed by atoms with Gasteiger partial charge < -0.3 is 25.7 Å². The zero-order valence-electron chi connectivity index (χ0n) is 19.7. The van der Waals surface area contributed by atoms with Crippen LogP contribution in [0.3, 0.4) is 0 Å². The van der Waals surface area contributed by atoms with Crippen molar-refractivity contribution in [2.75, 3.05) is 18.0 Å². The summed E-state index contributed by atoms with van der Waals surface area (Å²) in [5, 5.41) is 15.0. The molecule has 0 bridgehead atoms. The number of fused-ring (bicyclic) bond motifs is 1. The van der Waals surface area contributed by atoms with Crippen molar-refractivity contribution in [2.45, 2.75) is 57.5 Å². The molecule has 0 spiro atoms. The first-order chi connectivity index (χ1) is 16.7. The maximum atomic E-state index is 13.2. The third-order valence-electron chi connectivity index (χ3n) is 7.04. The highest BCUT2D eigenvalue weighted by Gasteiger charge is 2.39. The molecule has 3 heterocycles. The van der Waals surface area contributed by atoms with Crippen molar-refractivity contribution < 1.29 is 9.53 Å². The van der Waals surface area contributed by atoms with Crippen LogP contribution < -0.4 is 20.3 Å². The van der Waals surface area contributed by atoms with Crippen LogP contribution in [0.5, 0.6) is 11.6 Å². The van der Waals surface area contributed by atoms with Crippen molar-refractivity contribution in [1.29, 1.82) is 5.41 Å². The van der Waals surface area contributed by atoms with E-state index in [0.717, 1.165) is 74.0 Å². The van der Waals surface area contributed by atoms with E-state index in [4.69, 9.17) is 10.1 Å². The number of nitrogens with one attached hydrogen (secondary N) is 3. The third-order valence-corrected chi connectivity index (χ3v) is 7.04. The summed E-state index contributed by atoms with van der Waals surface area (Å²) < 4.78 is 6.39. The normalized spacial score (nSPS) is 21.0. The molecule has 3 N–H and O–H groups in total. The second kappa shape index (κ2) is 9.97. The lowest BCUT2D eigenvalue weighted by atomic mass is 9.91. The van der Waals surface area contributed by atoms with Gasteiger partial charge in [-0.25, -0.2) is 4.98 Å². The average Bonchev–Trinajstić information content (AvgIpc) is 3.72. The molecule has 1 saturated heterocycles. The number of hydrogen-bond acceptors (Lipinski definition) is 6. The van der Waals surface area contributed by atoms with Crippen LogP contribution in [0.25, 0.3) is 5.57 Å². The van der Waals surface area contributed by atoms with Crippen molar-refractivity contribution in [3.63, 3.8) is 0 Å². The highest BCUT2D eigenvalue weighted by atomic mass is 16.5. The smallest absolute Gasteiger partial charge is 0.230 e. The van der Waals surface area contributed by atoms with Crippen LogP contribution in [-0.2, 0) is 11.2 Å². The number of nitrogens with zero attached hydrogens (tertiary/aromatic N) is 2. The largest absolute Gasteiger partial charge is 0.438 e. The van der Waals surface area contributed by atoms with E-state index in [9.17, 15) is 4.79 Å². The molecule has 2 fully saturated rings. The summed E-state index contributed by atoms with van der Waals surface area (Å²) in [6.45, 7) is 4.13. The van der Waals surface area contributed by atoms with E-state index in [2.05, 4.69) is 22.5 Å². The summed E-state index contributed by atoms with van der Waals surface area (Å²) in [5.74, 6) is 1.57. The Morgan fingerprint density at radius 3 is 2.71 bits per heavy atom. The van der Waals surface area contributed by atoms with Crippen molar-refractivity contribution in [3.05, 3.63) is 53.9 Å². The van der Waals surface area contributed by atoms with Crippen LogP contribution in [0.15, 0.2) is 42.7 Å². The lowest BCUT2D eigenvalue weighted by Crippen LogP contribution is -2.43. The van der Waals surface area contributed by atoms with Crippen LogP contribution >= 0.6 is 0 Å². The van der Waals surface area contributed by atoms with Gasteiger partial charge in [0, 0.05) is 59.4 Å². The van der Waals surface area contributed by atoms with Gasteiger partial charge in [0.25, 0.3) is 0 Å². The molecule has 2 aromatic rings. The number of piperidine rings is 1. The van der Waals surface area contributed by atoms with Gasteiger partial charge >= 0.3 is 0 Å². The summed E-state index contributed by atoms with van der Waals surface area (Å²) >= 11 is 0. The van der Waals surface area contributed by atoms with Crippen LogP contribution in [0.1, 0.15) is 50.2 Å². The number of carbonyl (C=O) groups excluding carboxylic acids is 1. The molecular weight excluding hydrogens is 426 g/mol. The Bertz CT molecular complexity index is 1070. The van der Waals surface area contributed by atoms with E-state index in [-0.39, 0.29) is 17.9 Å². The van der Waals surface area contributed by atoms with Gasteiger partial charge in [-0.3, -0.25) is 4.79 Å². The number of rotatable bonds is 7. The van der Waals surface area contributed by atoms with E-state index in [0.29, 0.717) is 17.7 Å². The molecule has 1 aromatic heterocycles. The zero-order chi connectivity index (χ0) is 23.5. The van der Waals surface area contributed by atoms with E-state index >= 15 is 0 Å². The third kappa shape index (κ3) is 4.71. The molecule has 1 atom stereocenters. The maximum Gasteiger partial charge on any atom is 0.230 e. The second-order valence-corrected chi connectivity index (χ2v) is 9.52. The molecule has 2 aliphatic heterocycles. The number of amides is 1. The fourth-order valence-electron chi connectivity index (χ4n) is 4.92. The molecule has 0 radical (unpaired) electrons. The van der Waals surface area contributed by atoms with Gasteiger partial charge in [0.2, 0.25) is 11.8 Å². The monoisotopic (exact) mass is 459 g/mol. The predicted molar refractivity (Wildman–Crippen MR) is 135 cm³/mol. The van der Waals surface area contributed by atoms with Crippen molar-refractivity contribution in [2.24, 2.45) is 5.92 Å². The predicted octanol–water partition coefficient (Wildman–Crippen LogP) is 4.28. The number of hydrogen-bond donors (Lipinski definition) is 3. The first-order valence-corrected chi connectivity index (χ1v) is 12.4. The van der Waals surface area contributed by atoms with Crippen LogP contribution in [0, 0.1) is 11.3 Å². The number of pyridine rings is 1. The number of allylic oxidation sites excluding steroid dienone is 1. The van der Waals surface area contributed by atoms with Gasteiger partial charge in [-0.15, -0.1) is 0 Å². The molecule has 34 heavy (non-hydrogen) atoms. The molecule has 3 aliphatic rings. The Balaban J connectivity index is 1.55. The molecular formula is C27H33N5O2. The van der Waals surface area contributed by atoms with Gasteiger partial charge in [-0.05, 0) is 76.7 Å². The fraction of sp³-hybridized carbons (Fsp3) is 0.444. The highest BCUT2D eigenvalue weighted by molar-refractivity contribution is 6.10. The van der Waals surface area contributed by atoms with Crippen LogP contribution in [-0.4, -0.2) is 42.3 Å². The molecule has 1 saturated carbocycles. The molecule has 1 aliphatic carbocycles. The second-order valence-electron chi connectivity index (χ2n) is 9.52. The first kappa shape index (κ1) is 22.6. The van der Waals surface area contributed by atoms with Gasteiger partial charge in [-0.1, -0.05) is 6.07 Å². The van der Waals surface area contributed by atoms with Crippen molar-refractivity contribution in [1.82, 2.24) is 15.6 Å². The lowest BCUT2D eigenvalue weighted by molar-refractivity contribution is -0.120. The van der Waals surface area contributed by atoms with Crippen molar-refractivity contribution >= 4 is 23.4 Å². The van der Waals surface area contributed by atoms with E-state index in [1.54, 1.807) is 6.20 Å². The summed E-state index contributed by atoms with van der Waals surface area (Å²) in [5.41, 5.74) is 3.55. The standard InChI is InChI=1S/C27H33N5O2/c1-18-5-8-23-24(32(18)27(33)19-6-7-19)10-9-22(26(23)34-25-4-2-3-13-30-25)20(16-28)17-31-21-11-14-29-15-12-21/h2-4,9-10,13,16-19,21,28-29,31H,5-8,11-12,14-15H2,1H3/b20-17+,28-16?. The Morgan fingerprint density at radius 1 is 1.18 bits per heavy atom. The topological polar surface area (TPSA) is 90.3 Å². The quantitative estimate of drug-likeness (QED) is 0.538. The van der Waals surface area contributed by atoms with E-state index < -0.39 is 0 Å². The number of benzene rings is 1. The summed E-state index contributed by atoms with van der Waals surface area (Å²) in [4.78, 5) is 19.5. The fourth-order valence-corrected chi connectivity index (χ4v) is 4.92. The molecule has 5 rings (SSSR count). The van der Waals surface area contributed by atoms with Crippen LogP contribution in [0.4, 0.5) is 5.69 Å². The van der Waals surface area contributed by atoms with Crippen molar-refractivity contribution in [3.8, 4) is 11.6 Å². The van der Waals surface area contributed by atoms with E-state index in [1.807, 2.05) is 41.4 Å². The Hall–Kier alpha value is -3.19. The molecule has 1 aromatic carbocycles. The minimum Gasteiger partial charge on any atom is -0.438 e. The number of aromatic nitrogens is 1. The average molecular weight is 460 g/mol. The van der Waals surface area contributed by atoms with Gasteiger partial charge in [0.1, 0.15) is 5.75 Å². The van der Waals surface area contributed by atoms with Crippen LogP contribution in [0.2, 0.25) is 0 Å². The lowest BCUT2D eigenvalue weighted by Gasteiger charge is -2.36. The Labute approximate surface area is 201 Å². The summed E-state index contributed by atoms with van der Waals surface area (Å²) in [6.07, 6.45) is 10.8. The molecule has 1 unspecified atom stereocenters. The molecule has 7 heteroatoms. The molecule has 7 nitrogen and oxygen atoms in total. The Kier molecular flexibility index (Phi) is 6.63.